The summed E-state index contributed by atoms with van der Waals surface area (Å²) in [6.45, 7) is 5.24. The van der Waals surface area contributed by atoms with Crippen molar-refractivity contribution < 1.29 is 8.78 Å². The van der Waals surface area contributed by atoms with Crippen molar-refractivity contribution in [2.24, 2.45) is 0 Å². The van der Waals surface area contributed by atoms with Crippen LogP contribution in [0.15, 0.2) is 42.5 Å². The highest BCUT2D eigenvalue weighted by Gasteiger charge is 2.10. The van der Waals surface area contributed by atoms with Gasteiger partial charge in [-0.25, -0.2) is 8.78 Å². The molecule has 0 aliphatic carbocycles. The Bertz CT molecular complexity index is 578. The van der Waals surface area contributed by atoms with Crippen molar-refractivity contribution in [1.29, 1.82) is 0 Å². The summed E-state index contributed by atoms with van der Waals surface area (Å²) in [5.74, 6) is -0.827. The van der Waals surface area contributed by atoms with Crippen molar-refractivity contribution in [2.45, 2.75) is 32.7 Å². The van der Waals surface area contributed by atoms with Crippen molar-refractivity contribution in [3.8, 4) is 11.1 Å². The highest BCUT2D eigenvalue weighted by Crippen LogP contribution is 2.26. The van der Waals surface area contributed by atoms with Gasteiger partial charge >= 0.3 is 0 Å². The van der Waals surface area contributed by atoms with Crippen LogP contribution in [0.1, 0.15) is 38.3 Å². The lowest BCUT2D eigenvalue weighted by Crippen LogP contribution is -2.21. The average Bonchev–Trinajstić information content (AvgIpc) is 2.51. The molecule has 0 saturated heterocycles. The van der Waals surface area contributed by atoms with Crippen molar-refractivity contribution in [3.05, 3.63) is 59.7 Å². The fourth-order valence-corrected chi connectivity index (χ4v) is 2.43. The largest absolute Gasteiger partial charge is 0.310 e. The second-order valence-electron chi connectivity index (χ2n) is 5.16. The zero-order valence-corrected chi connectivity index (χ0v) is 12.5. The Balaban J connectivity index is 2.23. The maximum absolute atomic E-state index is 13.8. The van der Waals surface area contributed by atoms with Crippen LogP contribution in [0.3, 0.4) is 0 Å². The smallest absolute Gasteiger partial charge is 0.131 e. The van der Waals surface area contributed by atoms with Gasteiger partial charge in [0.15, 0.2) is 0 Å². The van der Waals surface area contributed by atoms with E-state index < -0.39 is 11.6 Å². The Morgan fingerprint density at radius 1 is 1.00 bits per heavy atom. The van der Waals surface area contributed by atoms with Crippen LogP contribution >= 0.6 is 0 Å². The summed E-state index contributed by atoms with van der Waals surface area (Å²) < 4.78 is 27.0. The van der Waals surface area contributed by atoms with Crippen LogP contribution in [0.5, 0.6) is 0 Å². The van der Waals surface area contributed by atoms with Gasteiger partial charge in [-0.2, -0.15) is 0 Å². The quantitative estimate of drug-likeness (QED) is 0.781. The van der Waals surface area contributed by atoms with Gasteiger partial charge in [-0.05, 0) is 48.7 Å². The second-order valence-corrected chi connectivity index (χ2v) is 5.16. The molecule has 0 aliphatic heterocycles. The summed E-state index contributed by atoms with van der Waals surface area (Å²) in [7, 11) is 0. The molecule has 3 heteroatoms. The first kappa shape index (κ1) is 15.6. The molecule has 0 amide bonds. The van der Waals surface area contributed by atoms with Crippen LogP contribution < -0.4 is 5.32 Å². The molecule has 2 aromatic rings. The summed E-state index contributed by atoms with van der Waals surface area (Å²) in [6.07, 6.45) is 2.08. The standard InChI is InChI=1S/C18H21F2N/c1-3-11-21-18(4-2)14-7-5-13(6-8-14)16-12-15(19)9-10-17(16)20/h5-10,12,18,21H,3-4,11H2,1-2H3. The third-order valence-electron chi connectivity index (χ3n) is 3.60. The Morgan fingerprint density at radius 3 is 2.33 bits per heavy atom. The number of hydrogen-bond acceptors (Lipinski definition) is 1. The van der Waals surface area contributed by atoms with Gasteiger partial charge in [0.25, 0.3) is 0 Å². The van der Waals surface area contributed by atoms with E-state index in [-0.39, 0.29) is 0 Å². The van der Waals surface area contributed by atoms with E-state index in [4.69, 9.17) is 0 Å². The summed E-state index contributed by atoms with van der Waals surface area (Å²) in [6, 6.07) is 11.5. The van der Waals surface area contributed by atoms with Crippen molar-refractivity contribution in [3.63, 3.8) is 0 Å². The minimum Gasteiger partial charge on any atom is -0.310 e. The van der Waals surface area contributed by atoms with Crippen LogP contribution in [0.2, 0.25) is 0 Å². The number of nitrogens with one attached hydrogen (secondary N) is 1. The van der Waals surface area contributed by atoms with Gasteiger partial charge in [-0.3, -0.25) is 0 Å². The molecule has 112 valence electrons. The molecular weight excluding hydrogens is 268 g/mol. The highest BCUT2D eigenvalue weighted by atomic mass is 19.1. The normalized spacial score (nSPS) is 12.4. The summed E-state index contributed by atoms with van der Waals surface area (Å²) in [5.41, 5.74) is 2.17. The van der Waals surface area contributed by atoms with Gasteiger partial charge < -0.3 is 5.32 Å². The molecule has 0 aromatic heterocycles. The van der Waals surface area contributed by atoms with E-state index in [2.05, 4.69) is 19.2 Å². The zero-order chi connectivity index (χ0) is 15.2. The number of benzene rings is 2. The molecule has 1 unspecified atom stereocenters. The van der Waals surface area contributed by atoms with E-state index in [9.17, 15) is 8.78 Å². The molecule has 2 aromatic carbocycles. The maximum atomic E-state index is 13.8. The summed E-state index contributed by atoms with van der Waals surface area (Å²) >= 11 is 0. The molecule has 0 radical (unpaired) electrons. The summed E-state index contributed by atoms with van der Waals surface area (Å²) in [5, 5.41) is 3.48. The van der Waals surface area contributed by atoms with Gasteiger partial charge in [0, 0.05) is 11.6 Å². The van der Waals surface area contributed by atoms with E-state index in [0.717, 1.165) is 31.5 Å². The molecule has 1 nitrogen and oxygen atoms in total. The van der Waals surface area contributed by atoms with E-state index >= 15 is 0 Å². The summed E-state index contributed by atoms with van der Waals surface area (Å²) in [4.78, 5) is 0. The third-order valence-corrected chi connectivity index (χ3v) is 3.60. The van der Waals surface area contributed by atoms with Crippen LogP contribution in [-0.2, 0) is 0 Å². The predicted molar refractivity (Wildman–Crippen MR) is 83.1 cm³/mol. The number of halogens is 2. The molecule has 21 heavy (non-hydrogen) atoms. The molecule has 1 atom stereocenters. The zero-order valence-electron chi connectivity index (χ0n) is 12.5. The molecule has 0 spiro atoms. The van der Waals surface area contributed by atoms with Crippen molar-refractivity contribution >= 4 is 0 Å². The Labute approximate surface area is 125 Å². The highest BCUT2D eigenvalue weighted by molar-refractivity contribution is 5.64. The lowest BCUT2D eigenvalue weighted by Gasteiger charge is -2.17. The topological polar surface area (TPSA) is 12.0 Å². The first-order chi connectivity index (χ1) is 10.2. The minimum atomic E-state index is -0.425. The van der Waals surface area contributed by atoms with Gasteiger partial charge in [0.2, 0.25) is 0 Å². The van der Waals surface area contributed by atoms with E-state index in [1.54, 1.807) is 0 Å². The fraction of sp³-hybridized carbons (Fsp3) is 0.333. The Kier molecular flexibility index (Phi) is 5.45. The van der Waals surface area contributed by atoms with Crippen molar-refractivity contribution in [1.82, 2.24) is 5.32 Å². The lowest BCUT2D eigenvalue weighted by molar-refractivity contribution is 0.518. The first-order valence-electron chi connectivity index (χ1n) is 7.44. The van der Waals surface area contributed by atoms with Crippen molar-refractivity contribution in [2.75, 3.05) is 6.54 Å². The predicted octanol–water partition coefficient (Wildman–Crippen LogP) is 5.08. The molecule has 0 aliphatic rings. The van der Waals surface area contributed by atoms with Crippen LogP contribution in [0.4, 0.5) is 8.78 Å². The molecule has 0 fully saturated rings. The average molecular weight is 289 g/mol. The first-order valence-corrected chi connectivity index (χ1v) is 7.44. The second kappa shape index (κ2) is 7.32. The Morgan fingerprint density at radius 2 is 1.71 bits per heavy atom. The number of hydrogen-bond donors (Lipinski definition) is 1. The van der Waals surface area contributed by atoms with Crippen LogP contribution in [-0.4, -0.2) is 6.54 Å². The van der Waals surface area contributed by atoms with E-state index in [1.807, 2.05) is 24.3 Å². The molecule has 1 N–H and O–H groups in total. The van der Waals surface area contributed by atoms with Gasteiger partial charge in [0.1, 0.15) is 11.6 Å². The van der Waals surface area contributed by atoms with Gasteiger partial charge in [-0.15, -0.1) is 0 Å². The monoisotopic (exact) mass is 289 g/mol. The molecule has 2 rings (SSSR count). The molecule has 0 heterocycles. The van der Waals surface area contributed by atoms with Gasteiger partial charge in [0.05, 0.1) is 0 Å². The fourth-order valence-electron chi connectivity index (χ4n) is 2.43. The van der Waals surface area contributed by atoms with Crippen LogP contribution in [0.25, 0.3) is 11.1 Å². The maximum Gasteiger partial charge on any atom is 0.131 e. The number of rotatable bonds is 6. The third kappa shape index (κ3) is 3.88. The van der Waals surface area contributed by atoms with Gasteiger partial charge in [-0.1, -0.05) is 38.1 Å². The van der Waals surface area contributed by atoms with E-state index in [1.165, 1.54) is 11.6 Å². The Hall–Kier alpha value is -1.74. The lowest BCUT2D eigenvalue weighted by atomic mass is 9.99. The SMILES string of the molecule is CCCNC(CC)c1ccc(-c2cc(F)ccc2F)cc1. The molecule has 0 saturated carbocycles. The minimum absolute atomic E-state index is 0.302. The van der Waals surface area contributed by atoms with Crippen LogP contribution in [0, 0.1) is 11.6 Å². The molecular formula is C18H21F2N. The van der Waals surface area contributed by atoms with E-state index in [0.29, 0.717) is 17.2 Å². The molecule has 0 bridgehead atoms.